The van der Waals surface area contributed by atoms with Gasteiger partial charge in [0.05, 0.1) is 23.1 Å². The Balaban J connectivity index is 1.86. The van der Waals surface area contributed by atoms with Crippen LogP contribution in [-0.4, -0.2) is 41.3 Å². The van der Waals surface area contributed by atoms with Crippen LogP contribution in [0.25, 0.3) is 10.9 Å². The van der Waals surface area contributed by atoms with Crippen molar-refractivity contribution in [3.8, 4) is 0 Å². The monoisotopic (exact) mass is 439 g/mol. The molecule has 0 aliphatic heterocycles. The fourth-order valence-corrected chi connectivity index (χ4v) is 3.34. The van der Waals surface area contributed by atoms with E-state index >= 15 is 0 Å². The quantitative estimate of drug-likeness (QED) is 0.404. The number of nitrogens with zero attached hydrogens (tertiary/aromatic N) is 2. The molecule has 0 atom stereocenters. The minimum atomic E-state index is -0.558. The molecule has 0 saturated heterocycles. The Morgan fingerprint density at radius 3 is 2.41 bits per heavy atom. The van der Waals surface area contributed by atoms with Crippen molar-refractivity contribution in [2.24, 2.45) is 0 Å². The van der Waals surface area contributed by atoms with Crippen molar-refractivity contribution >= 4 is 28.5 Å². The predicted molar refractivity (Wildman–Crippen MR) is 120 cm³/mol. The van der Waals surface area contributed by atoms with Gasteiger partial charge in [-0.1, -0.05) is 12.1 Å². The number of carbonyl (C=O) groups excluding carboxylic acids is 2. The van der Waals surface area contributed by atoms with Gasteiger partial charge in [0.15, 0.2) is 0 Å². The van der Waals surface area contributed by atoms with Crippen molar-refractivity contribution in [2.45, 2.75) is 26.4 Å². The van der Waals surface area contributed by atoms with Crippen LogP contribution in [0.4, 0.5) is 5.69 Å². The maximum atomic E-state index is 13.0. The van der Waals surface area contributed by atoms with Gasteiger partial charge in [-0.15, -0.1) is 0 Å². The van der Waals surface area contributed by atoms with Crippen molar-refractivity contribution in [1.82, 2.24) is 9.13 Å². The molecule has 32 heavy (non-hydrogen) atoms. The Morgan fingerprint density at radius 1 is 1.00 bits per heavy atom. The van der Waals surface area contributed by atoms with Gasteiger partial charge in [0.25, 0.3) is 5.56 Å². The van der Waals surface area contributed by atoms with Crippen molar-refractivity contribution in [2.75, 3.05) is 25.6 Å². The zero-order valence-electron chi connectivity index (χ0n) is 18.0. The number of hydrogen-bond acceptors (Lipinski definition) is 6. The van der Waals surface area contributed by atoms with E-state index in [1.807, 2.05) is 0 Å². The average molecular weight is 439 g/mol. The zero-order valence-corrected chi connectivity index (χ0v) is 18.0. The van der Waals surface area contributed by atoms with E-state index < -0.39 is 23.1 Å². The maximum absolute atomic E-state index is 13.0. The van der Waals surface area contributed by atoms with Gasteiger partial charge in [-0.05, 0) is 49.7 Å². The summed E-state index contributed by atoms with van der Waals surface area (Å²) in [7, 11) is 1.55. The van der Waals surface area contributed by atoms with E-state index in [1.54, 1.807) is 62.6 Å². The molecule has 3 rings (SSSR count). The molecule has 1 N–H and O–H groups in total. The van der Waals surface area contributed by atoms with Gasteiger partial charge < -0.3 is 14.8 Å². The summed E-state index contributed by atoms with van der Waals surface area (Å²) in [5.74, 6) is -0.887. The topological polar surface area (TPSA) is 109 Å². The fourth-order valence-electron chi connectivity index (χ4n) is 3.34. The fraction of sp³-hybridized carbons (Fsp3) is 0.304. The normalized spacial score (nSPS) is 10.8. The molecule has 3 aromatic rings. The van der Waals surface area contributed by atoms with Crippen LogP contribution in [-0.2, 0) is 27.4 Å². The molecule has 1 amide bonds. The van der Waals surface area contributed by atoms with Gasteiger partial charge in [0.1, 0.15) is 6.54 Å². The summed E-state index contributed by atoms with van der Waals surface area (Å²) in [6.45, 7) is 2.31. The van der Waals surface area contributed by atoms with E-state index in [1.165, 1.54) is 4.57 Å². The molecule has 0 bridgehead atoms. The van der Waals surface area contributed by atoms with Gasteiger partial charge >= 0.3 is 11.7 Å². The smallest absolute Gasteiger partial charge is 0.338 e. The lowest BCUT2D eigenvalue weighted by molar-refractivity contribution is -0.116. The number of methoxy groups -OCH3 is 1. The Hall–Kier alpha value is -3.72. The SMILES string of the molecule is CCOC(=O)c1ccc(NC(=O)Cn2c(=O)n(CCCOC)c(=O)c3ccccc32)cc1. The molecule has 9 nitrogen and oxygen atoms in total. The number of para-hydroxylation sites is 1. The van der Waals surface area contributed by atoms with Gasteiger partial charge in [-0.25, -0.2) is 9.59 Å². The molecule has 0 spiro atoms. The predicted octanol–water partition coefficient (Wildman–Crippen LogP) is 2.02. The number of ether oxygens (including phenoxy) is 2. The van der Waals surface area contributed by atoms with E-state index in [0.717, 1.165) is 4.57 Å². The summed E-state index contributed by atoms with van der Waals surface area (Å²) in [6.07, 6.45) is 0.489. The Kier molecular flexibility index (Phi) is 7.56. The summed E-state index contributed by atoms with van der Waals surface area (Å²) < 4.78 is 12.4. The Morgan fingerprint density at radius 2 is 1.72 bits per heavy atom. The first kappa shape index (κ1) is 23.0. The number of aromatic nitrogens is 2. The van der Waals surface area contributed by atoms with Crippen LogP contribution in [0.5, 0.6) is 0 Å². The van der Waals surface area contributed by atoms with E-state index in [4.69, 9.17) is 9.47 Å². The lowest BCUT2D eigenvalue weighted by atomic mass is 10.2. The second-order valence-electron chi connectivity index (χ2n) is 7.04. The van der Waals surface area contributed by atoms with Crippen LogP contribution < -0.4 is 16.6 Å². The summed E-state index contributed by atoms with van der Waals surface area (Å²) in [5, 5.41) is 3.07. The van der Waals surface area contributed by atoms with Crippen molar-refractivity contribution in [3.05, 3.63) is 74.9 Å². The molecule has 0 unspecified atom stereocenters. The molecule has 9 heteroatoms. The first-order valence-corrected chi connectivity index (χ1v) is 10.2. The van der Waals surface area contributed by atoms with Crippen LogP contribution in [0.1, 0.15) is 23.7 Å². The number of esters is 1. The Labute approximate surface area is 184 Å². The highest BCUT2D eigenvalue weighted by Gasteiger charge is 2.15. The van der Waals surface area contributed by atoms with Crippen LogP contribution in [0.15, 0.2) is 58.1 Å². The third kappa shape index (κ3) is 5.12. The van der Waals surface area contributed by atoms with Gasteiger partial charge in [0, 0.05) is 25.9 Å². The summed E-state index contributed by atoms with van der Waals surface area (Å²) in [6, 6.07) is 12.9. The second-order valence-corrected chi connectivity index (χ2v) is 7.04. The molecule has 0 saturated carbocycles. The number of rotatable bonds is 9. The van der Waals surface area contributed by atoms with E-state index in [9.17, 15) is 19.2 Å². The lowest BCUT2D eigenvalue weighted by Gasteiger charge is -2.14. The largest absolute Gasteiger partial charge is 0.462 e. The molecule has 0 aliphatic carbocycles. The highest BCUT2D eigenvalue weighted by Crippen LogP contribution is 2.12. The molecular weight excluding hydrogens is 414 g/mol. The number of fused-ring (bicyclic) bond motifs is 1. The van der Waals surface area contributed by atoms with Crippen molar-refractivity contribution < 1.29 is 19.1 Å². The number of anilines is 1. The molecule has 2 aromatic carbocycles. The second kappa shape index (κ2) is 10.5. The average Bonchev–Trinajstić information content (AvgIpc) is 2.79. The van der Waals surface area contributed by atoms with Gasteiger partial charge in [0.2, 0.25) is 5.91 Å². The highest BCUT2D eigenvalue weighted by molar-refractivity contribution is 5.93. The first-order chi connectivity index (χ1) is 15.5. The number of amides is 1. The van der Waals surface area contributed by atoms with Crippen LogP contribution in [0.3, 0.4) is 0 Å². The number of nitrogens with one attached hydrogen (secondary N) is 1. The summed E-state index contributed by atoms with van der Waals surface area (Å²) >= 11 is 0. The van der Waals surface area contributed by atoms with Crippen LogP contribution in [0.2, 0.25) is 0 Å². The lowest BCUT2D eigenvalue weighted by Crippen LogP contribution is -2.42. The van der Waals surface area contributed by atoms with Crippen molar-refractivity contribution in [3.63, 3.8) is 0 Å². The first-order valence-electron chi connectivity index (χ1n) is 10.2. The molecular formula is C23H25N3O6. The van der Waals surface area contributed by atoms with E-state index in [2.05, 4.69) is 5.32 Å². The number of carbonyl (C=O) groups is 2. The minimum absolute atomic E-state index is 0.188. The molecule has 0 aliphatic rings. The third-order valence-electron chi connectivity index (χ3n) is 4.84. The standard InChI is InChI=1S/C23H25N3O6/c1-3-32-22(29)16-9-11-17(12-10-16)24-20(27)15-26-19-8-5-4-7-18(19)21(28)25(23(26)30)13-6-14-31-2/h4-5,7-12H,3,6,13-15H2,1-2H3,(H,24,27). The molecule has 1 heterocycles. The van der Waals surface area contributed by atoms with Crippen LogP contribution in [0, 0.1) is 0 Å². The molecule has 0 fully saturated rings. The van der Waals surface area contributed by atoms with Gasteiger partial charge in [-0.2, -0.15) is 0 Å². The highest BCUT2D eigenvalue weighted by atomic mass is 16.5. The Bertz CT molecular complexity index is 1230. The molecule has 1 aromatic heterocycles. The third-order valence-corrected chi connectivity index (χ3v) is 4.84. The van der Waals surface area contributed by atoms with E-state index in [-0.39, 0.29) is 19.7 Å². The van der Waals surface area contributed by atoms with Crippen LogP contribution >= 0.6 is 0 Å². The summed E-state index contributed by atoms with van der Waals surface area (Å²) in [5.41, 5.74) is 0.271. The zero-order chi connectivity index (χ0) is 23.1. The van der Waals surface area contributed by atoms with Crippen molar-refractivity contribution in [1.29, 1.82) is 0 Å². The van der Waals surface area contributed by atoms with E-state index in [0.29, 0.717) is 35.2 Å². The van der Waals surface area contributed by atoms with Gasteiger partial charge in [-0.3, -0.25) is 18.7 Å². The molecule has 168 valence electrons. The molecule has 0 radical (unpaired) electrons. The minimum Gasteiger partial charge on any atom is -0.462 e. The summed E-state index contributed by atoms with van der Waals surface area (Å²) in [4.78, 5) is 50.2. The maximum Gasteiger partial charge on any atom is 0.338 e. The number of hydrogen-bond donors (Lipinski definition) is 1. The number of benzene rings is 2.